The van der Waals surface area contributed by atoms with Crippen LogP contribution in [0.25, 0.3) is 33.5 Å². The Bertz CT molecular complexity index is 2640. The number of imidazole rings is 1. The Morgan fingerprint density at radius 3 is 1.87 bits per heavy atom. The lowest BCUT2D eigenvalue weighted by molar-refractivity contribution is -0.140. The van der Waals surface area contributed by atoms with E-state index in [1.54, 1.807) is 15.9 Å². The lowest BCUT2D eigenvalue weighted by Gasteiger charge is -2.39. The summed E-state index contributed by atoms with van der Waals surface area (Å²) in [6, 6.07) is 10.7. The number of aliphatic hydroxyl groups excluding tert-OH is 1. The van der Waals surface area contributed by atoms with Gasteiger partial charge in [-0.3, -0.25) is 38.8 Å². The summed E-state index contributed by atoms with van der Waals surface area (Å²) in [5.41, 5.74) is 11.9. The molecule has 7 rings (SSSR count). The van der Waals surface area contributed by atoms with Gasteiger partial charge in [-0.05, 0) is 61.2 Å². The summed E-state index contributed by atoms with van der Waals surface area (Å²) in [6.07, 6.45) is 4.46. The number of piperidine rings is 1. The number of aromatic nitrogens is 3. The first-order valence-corrected chi connectivity index (χ1v) is 28.4. The van der Waals surface area contributed by atoms with Crippen LogP contribution in [0.3, 0.4) is 0 Å². The van der Waals surface area contributed by atoms with Gasteiger partial charge in [0.25, 0.3) is 0 Å². The summed E-state index contributed by atoms with van der Waals surface area (Å²) < 4.78 is 37.6. The van der Waals surface area contributed by atoms with Crippen molar-refractivity contribution in [1.29, 1.82) is 0 Å². The van der Waals surface area contributed by atoms with Crippen molar-refractivity contribution in [3.63, 3.8) is 0 Å². The summed E-state index contributed by atoms with van der Waals surface area (Å²) in [5, 5.41) is 29.3. The zero-order chi connectivity index (χ0) is 58.8. The lowest BCUT2D eigenvalue weighted by atomic mass is 9.96. The zero-order valence-electron chi connectivity index (χ0n) is 47.3. The van der Waals surface area contributed by atoms with Crippen LogP contribution in [0.1, 0.15) is 24.8 Å². The summed E-state index contributed by atoms with van der Waals surface area (Å²) in [5.74, 6) is -1.18. The maximum Gasteiger partial charge on any atom is 0.317 e. The minimum atomic E-state index is -0.994. The third kappa shape index (κ3) is 21.0. The number of aryl methyl sites for hydroxylation is 1. The molecule has 2 aromatic carbocycles. The fourth-order valence-electron chi connectivity index (χ4n) is 10.1. The standard InChI is InChI=1S/C55H78ClFN12O11.CH4O/c1-40-32-41(34-43(57)33-40)45-36-60-55(52(53(45)68-8-4-44(58)5-9-68)54-61-46-3-2-42(56)35-47(46)62-54)69-20-18-67(19-21-69)49(72)6-24-77-26-28-79-30-31-80-29-27-78-25-7-59-48(71)37-64-12-10-63(22-23-70)11-13-65(38-50(73)74)16-17-66(15-14-64)39-51(75)76;1-2/h2-3,23,32-36,44H,4-22,24-31,37-39,58H2,1H3,(H,59,71)(H,61,62)(H,73,74)(H,75,76);2H,1H3. The Kier molecular flexibility index (Phi) is 27.5. The molecule has 3 aliphatic heterocycles. The molecule has 2 amide bonds. The number of amides is 2. The van der Waals surface area contributed by atoms with Gasteiger partial charge < -0.3 is 69.8 Å². The molecule has 452 valence electrons. The van der Waals surface area contributed by atoms with Gasteiger partial charge in [0.1, 0.15) is 23.7 Å². The van der Waals surface area contributed by atoms with E-state index in [0.717, 1.165) is 71.0 Å². The molecule has 3 fully saturated rings. The maximum absolute atomic E-state index is 15.0. The number of nitrogens with two attached hydrogens (primary N) is 1. The SMILES string of the molecule is CO.Cc1cc(F)cc(-c2cnc(N3CCN(C(=O)CCOCCOCCOCCOCCNC(=O)CN4CCN(CC=O)CCN(CC(=O)O)CCN(CC(=O)O)CC4)CC3)c(-c3nc4ccc(Cl)cc4[nH]3)c2N2CCC(N)CC2)c1. The number of halogens is 2. The average Bonchev–Trinajstić information content (AvgIpc) is 3.58. The van der Waals surface area contributed by atoms with Gasteiger partial charge in [-0.1, -0.05) is 17.7 Å². The molecular weight excluding hydrogens is 1090 g/mol. The van der Waals surface area contributed by atoms with Crippen molar-refractivity contribution in [2.24, 2.45) is 5.73 Å². The summed E-state index contributed by atoms with van der Waals surface area (Å²) in [7, 11) is 1.00. The van der Waals surface area contributed by atoms with Crippen LogP contribution in [0, 0.1) is 12.7 Å². The number of piperazine rings is 1. The van der Waals surface area contributed by atoms with Crippen molar-refractivity contribution in [3.05, 3.63) is 59.0 Å². The number of hydrogen-bond acceptors (Lipinski definition) is 19. The van der Waals surface area contributed by atoms with Crippen LogP contribution in [0.2, 0.25) is 5.02 Å². The van der Waals surface area contributed by atoms with Crippen LogP contribution in [0.4, 0.5) is 15.9 Å². The van der Waals surface area contributed by atoms with E-state index < -0.39 is 11.9 Å². The van der Waals surface area contributed by atoms with Crippen molar-refractivity contribution >= 4 is 64.2 Å². The van der Waals surface area contributed by atoms with E-state index >= 15 is 4.39 Å². The quantitative estimate of drug-likeness (QED) is 0.0366. The molecule has 2 aromatic heterocycles. The predicted molar refractivity (Wildman–Crippen MR) is 309 cm³/mol. The van der Waals surface area contributed by atoms with Crippen LogP contribution in [-0.2, 0) is 42.9 Å². The van der Waals surface area contributed by atoms with Crippen LogP contribution >= 0.6 is 11.6 Å². The number of nitrogens with one attached hydrogen (secondary N) is 2. The predicted octanol–water partition coefficient (Wildman–Crippen LogP) is 1.74. The number of ether oxygens (including phenoxy) is 4. The Morgan fingerprint density at radius 2 is 1.29 bits per heavy atom. The van der Waals surface area contributed by atoms with Gasteiger partial charge in [-0.2, -0.15) is 0 Å². The first-order chi connectivity index (χ1) is 39.7. The number of aldehydes is 1. The number of H-pyrrole nitrogens is 1. The highest BCUT2D eigenvalue weighted by Crippen LogP contribution is 2.45. The molecule has 4 aromatic rings. The lowest BCUT2D eigenvalue weighted by Crippen LogP contribution is -2.49. The summed E-state index contributed by atoms with van der Waals surface area (Å²) >= 11 is 6.41. The highest BCUT2D eigenvalue weighted by atomic mass is 35.5. The molecule has 26 heteroatoms. The van der Waals surface area contributed by atoms with E-state index in [0.29, 0.717) is 142 Å². The van der Waals surface area contributed by atoms with Crippen LogP contribution in [-0.4, -0.2) is 275 Å². The fourth-order valence-corrected chi connectivity index (χ4v) is 10.3. The normalized spacial score (nSPS) is 16.8. The molecule has 0 radical (unpaired) electrons. The van der Waals surface area contributed by atoms with Crippen LogP contribution < -0.4 is 20.9 Å². The molecule has 0 aliphatic carbocycles. The van der Waals surface area contributed by atoms with E-state index in [1.807, 2.05) is 52.1 Å². The number of aliphatic carboxylic acids is 2. The van der Waals surface area contributed by atoms with Gasteiger partial charge in [0.05, 0.1) is 108 Å². The molecule has 7 N–H and O–H groups in total. The highest BCUT2D eigenvalue weighted by molar-refractivity contribution is 6.31. The number of aliphatic hydroxyl groups is 1. The summed E-state index contributed by atoms with van der Waals surface area (Å²) in [6.45, 7) is 11.3. The number of rotatable bonds is 27. The molecule has 82 heavy (non-hydrogen) atoms. The Labute approximate surface area is 483 Å². The Balaban J connectivity index is 0.00000535. The number of carbonyl (C=O) groups excluding carboxylic acids is 3. The average molecular weight is 1170 g/mol. The highest BCUT2D eigenvalue weighted by Gasteiger charge is 2.32. The smallest absolute Gasteiger partial charge is 0.317 e. The molecule has 5 heterocycles. The number of benzene rings is 2. The molecule has 0 unspecified atom stereocenters. The largest absolute Gasteiger partial charge is 0.480 e. The van der Waals surface area contributed by atoms with Gasteiger partial charge in [0.2, 0.25) is 11.8 Å². The van der Waals surface area contributed by atoms with E-state index in [2.05, 4.69) is 20.1 Å². The van der Waals surface area contributed by atoms with E-state index in [9.17, 15) is 34.2 Å². The number of carbonyl (C=O) groups is 5. The van der Waals surface area contributed by atoms with Gasteiger partial charge in [0, 0.05) is 128 Å². The minimum Gasteiger partial charge on any atom is -0.480 e. The molecule has 3 aliphatic rings. The number of hydrogen-bond donors (Lipinski definition) is 6. The number of fused-ring (bicyclic) bond motifs is 1. The molecule has 0 spiro atoms. The van der Waals surface area contributed by atoms with Crippen molar-refractivity contribution < 1.29 is 62.6 Å². The third-order valence-electron chi connectivity index (χ3n) is 14.3. The zero-order valence-corrected chi connectivity index (χ0v) is 48.0. The van der Waals surface area contributed by atoms with Crippen LogP contribution in [0.5, 0.6) is 0 Å². The molecular formula is C56H82ClFN12O12. The van der Waals surface area contributed by atoms with Crippen LogP contribution in [0.15, 0.2) is 42.6 Å². The van der Waals surface area contributed by atoms with Crippen molar-refractivity contribution in [2.75, 3.05) is 194 Å². The first kappa shape index (κ1) is 65.2. The van der Waals surface area contributed by atoms with Crippen molar-refractivity contribution in [3.8, 4) is 22.5 Å². The number of pyridine rings is 1. The second-order valence-corrected chi connectivity index (χ2v) is 20.7. The van der Waals surface area contributed by atoms with E-state index in [4.69, 9.17) is 51.4 Å². The van der Waals surface area contributed by atoms with E-state index in [1.165, 1.54) is 6.07 Å². The van der Waals surface area contributed by atoms with Gasteiger partial charge in [-0.25, -0.2) is 14.4 Å². The monoisotopic (exact) mass is 1170 g/mol. The maximum atomic E-state index is 15.0. The van der Waals surface area contributed by atoms with Gasteiger partial charge >= 0.3 is 11.9 Å². The minimum absolute atomic E-state index is 0.000451. The number of aromatic amines is 1. The number of anilines is 2. The van der Waals surface area contributed by atoms with Gasteiger partial charge in [-0.15, -0.1) is 0 Å². The number of carboxylic acids is 2. The second kappa shape index (κ2) is 34.6. The summed E-state index contributed by atoms with van der Waals surface area (Å²) in [4.78, 5) is 88.0. The second-order valence-electron chi connectivity index (χ2n) is 20.3. The molecule has 0 bridgehead atoms. The molecule has 0 saturated carbocycles. The van der Waals surface area contributed by atoms with Crippen molar-refractivity contribution in [1.82, 2.24) is 44.8 Å². The topological polar surface area (TPSA) is 285 Å². The molecule has 0 atom stereocenters. The molecule has 24 nitrogen and oxygen atoms in total. The van der Waals surface area contributed by atoms with Gasteiger partial charge in [0.15, 0.2) is 0 Å². The Hall–Kier alpha value is -5.97. The third-order valence-corrected chi connectivity index (χ3v) is 14.6. The number of carboxylic acid groups (broad SMARTS) is 2. The first-order valence-electron chi connectivity index (χ1n) is 28.0. The fraction of sp³-hybridized carbons (Fsp3) is 0.589. The van der Waals surface area contributed by atoms with Crippen molar-refractivity contribution in [2.45, 2.75) is 32.2 Å². The Morgan fingerprint density at radius 1 is 0.732 bits per heavy atom. The number of nitrogens with zero attached hydrogens (tertiary/aromatic N) is 9. The molecule has 3 saturated heterocycles. The van der Waals surface area contributed by atoms with E-state index in [-0.39, 0.29) is 76.0 Å².